The van der Waals surface area contributed by atoms with E-state index in [4.69, 9.17) is 4.74 Å². The van der Waals surface area contributed by atoms with E-state index < -0.39 is 17.7 Å². The number of ketones is 1. The van der Waals surface area contributed by atoms with Gasteiger partial charge >= 0.3 is 5.91 Å². The molecule has 1 unspecified atom stereocenters. The molecule has 45 heavy (non-hydrogen) atoms. The van der Waals surface area contributed by atoms with E-state index in [-0.39, 0.29) is 16.5 Å². The first kappa shape index (κ1) is 28.5. The number of carbonyl (C=O) groups is 2. The van der Waals surface area contributed by atoms with Gasteiger partial charge in [0, 0.05) is 23.7 Å². The van der Waals surface area contributed by atoms with Crippen LogP contribution in [0.4, 0.5) is 5.13 Å². The molecule has 1 N–H and O–H groups in total. The Bertz CT molecular complexity index is 2060. The molecular formula is C35H24N4O4S2. The lowest BCUT2D eigenvalue weighted by Gasteiger charge is -2.23. The number of aliphatic hydroxyl groups excluding tert-OH is 1. The molecule has 0 saturated carbocycles. The molecule has 1 amide bonds. The molecule has 1 fully saturated rings. The van der Waals surface area contributed by atoms with Gasteiger partial charge in [0.1, 0.15) is 17.3 Å². The minimum Gasteiger partial charge on any atom is -0.507 e. The average Bonchev–Trinajstić information content (AvgIpc) is 3.66. The monoisotopic (exact) mass is 628 g/mol. The number of para-hydroxylation sites is 1. The van der Waals surface area contributed by atoms with Crippen LogP contribution in [0.1, 0.15) is 22.7 Å². The fourth-order valence-electron chi connectivity index (χ4n) is 5.30. The Labute approximate surface area is 266 Å². The number of hydrogen-bond donors (Lipinski definition) is 1. The molecule has 1 aliphatic rings. The van der Waals surface area contributed by atoms with Crippen molar-refractivity contribution in [3.63, 3.8) is 0 Å². The summed E-state index contributed by atoms with van der Waals surface area (Å²) in [6.07, 6.45) is 3.03. The highest BCUT2D eigenvalue weighted by molar-refractivity contribution is 8.00. The highest BCUT2D eigenvalue weighted by atomic mass is 32.2. The topological polar surface area (TPSA) is 106 Å². The van der Waals surface area contributed by atoms with Crippen LogP contribution in [0.25, 0.3) is 16.5 Å². The SMILES string of the molecule is O=C1C(=O)N(c2nnc(SCc3cccc4ccccc34)s2)C(c2cccc(Oc3ccccc3)c2)C1=C(O)c1ccncc1. The van der Waals surface area contributed by atoms with Crippen molar-refractivity contribution in [3.8, 4) is 11.5 Å². The number of ether oxygens (including phenoxy) is 1. The summed E-state index contributed by atoms with van der Waals surface area (Å²) >= 11 is 2.73. The average molecular weight is 629 g/mol. The van der Waals surface area contributed by atoms with E-state index in [1.165, 1.54) is 40.4 Å². The van der Waals surface area contributed by atoms with Crippen LogP contribution >= 0.6 is 23.1 Å². The van der Waals surface area contributed by atoms with Crippen LogP contribution in [0.3, 0.4) is 0 Å². The van der Waals surface area contributed by atoms with Gasteiger partial charge in [0.05, 0.1) is 11.6 Å². The van der Waals surface area contributed by atoms with E-state index >= 15 is 0 Å². The van der Waals surface area contributed by atoms with Crippen molar-refractivity contribution >= 4 is 56.5 Å². The lowest BCUT2D eigenvalue weighted by atomic mass is 9.95. The Morgan fingerprint density at radius 1 is 0.844 bits per heavy atom. The Morgan fingerprint density at radius 3 is 2.42 bits per heavy atom. The second kappa shape index (κ2) is 12.4. The number of amides is 1. The zero-order chi connectivity index (χ0) is 30.8. The van der Waals surface area contributed by atoms with Gasteiger partial charge in [-0.3, -0.25) is 19.5 Å². The van der Waals surface area contributed by atoms with Gasteiger partial charge < -0.3 is 9.84 Å². The minimum atomic E-state index is -0.971. The van der Waals surface area contributed by atoms with Crippen LogP contribution in [0.2, 0.25) is 0 Å². The molecule has 6 aromatic rings. The lowest BCUT2D eigenvalue weighted by Crippen LogP contribution is -2.29. The molecule has 1 atom stereocenters. The zero-order valence-electron chi connectivity index (χ0n) is 23.6. The van der Waals surface area contributed by atoms with Crippen LogP contribution in [-0.2, 0) is 15.3 Å². The van der Waals surface area contributed by atoms with Gasteiger partial charge in [-0.05, 0) is 58.3 Å². The number of carbonyl (C=O) groups excluding carboxylic acids is 2. The van der Waals surface area contributed by atoms with E-state index in [0.717, 1.165) is 16.3 Å². The van der Waals surface area contributed by atoms with Crippen LogP contribution in [0.15, 0.2) is 132 Å². The molecule has 0 bridgehead atoms. The van der Waals surface area contributed by atoms with Crippen molar-refractivity contribution < 1.29 is 19.4 Å². The van der Waals surface area contributed by atoms with Gasteiger partial charge in [-0.25, -0.2) is 0 Å². The third-order valence-corrected chi connectivity index (χ3v) is 9.49. The molecule has 0 spiro atoms. The molecule has 3 heterocycles. The first-order chi connectivity index (χ1) is 22.1. The van der Waals surface area contributed by atoms with E-state index in [1.807, 2.05) is 48.5 Å². The second-order valence-corrected chi connectivity index (χ2v) is 12.3. The lowest BCUT2D eigenvalue weighted by molar-refractivity contribution is -0.132. The van der Waals surface area contributed by atoms with Gasteiger partial charge in [0.25, 0.3) is 5.78 Å². The summed E-state index contributed by atoms with van der Waals surface area (Å²) in [4.78, 5) is 32.6. The zero-order valence-corrected chi connectivity index (χ0v) is 25.2. The number of fused-ring (bicyclic) bond motifs is 1. The van der Waals surface area contributed by atoms with Crippen LogP contribution < -0.4 is 9.64 Å². The van der Waals surface area contributed by atoms with Gasteiger partial charge in [-0.1, -0.05) is 95.9 Å². The number of thioether (sulfide) groups is 1. The Balaban J connectivity index is 1.26. The van der Waals surface area contributed by atoms with Crippen molar-refractivity contribution in [3.05, 3.63) is 144 Å². The van der Waals surface area contributed by atoms with Crippen LogP contribution in [-0.4, -0.2) is 32.0 Å². The first-order valence-electron chi connectivity index (χ1n) is 14.0. The van der Waals surface area contributed by atoms with Gasteiger partial charge in [-0.15, -0.1) is 10.2 Å². The van der Waals surface area contributed by atoms with Gasteiger partial charge in [0.15, 0.2) is 4.34 Å². The number of anilines is 1. The Hall–Kier alpha value is -5.32. The predicted molar refractivity (Wildman–Crippen MR) is 175 cm³/mol. The fourth-order valence-corrected chi connectivity index (χ4v) is 7.17. The third kappa shape index (κ3) is 5.68. The molecule has 0 radical (unpaired) electrons. The fraction of sp³-hybridized carbons (Fsp3) is 0.0571. The number of rotatable bonds is 8. The maximum Gasteiger partial charge on any atom is 0.301 e. The number of aromatic nitrogens is 3. The van der Waals surface area contributed by atoms with Gasteiger partial charge in [0.2, 0.25) is 5.13 Å². The quantitative estimate of drug-likeness (QED) is 0.0599. The molecular weight excluding hydrogens is 605 g/mol. The van der Waals surface area contributed by atoms with Gasteiger partial charge in [-0.2, -0.15) is 0 Å². The standard InChI is InChI=1S/C35H24N4O4S2/c40-31(23-16-18-36-19-17-23)29-30(24-10-7-14-27(20-24)43-26-12-2-1-3-13-26)39(33(42)32(29)41)34-37-38-35(45-34)44-21-25-11-6-9-22-8-4-5-15-28(22)25/h1-20,30,40H,21H2. The maximum absolute atomic E-state index is 13.7. The summed E-state index contributed by atoms with van der Waals surface area (Å²) in [7, 11) is 0. The van der Waals surface area contributed by atoms with E-state index in [9.17, 15) is 14.7 Å². The second-order valence-electron chi connectivity index (χ2n) is 10.2. The van der Waals surface area contributed by atoms with E-state index in [2.05, 4.69) is 39.4 Å². The smallest absolute Gasteiger partial charge is 0.301 e. The summed E-state index contributed by atoms with van der Waals surface area (Å²) in [5, 5.41) is 22.7. The Kier molecular flexibility index (Phi) is 7.81. The number of benzene rings is 4. The molecule has 2 aromatic heterocycles. The summed E-state index contributed by atoms with van der Waals surface area (Å²) in [6.45, 7) is 0. The third-order valence-electron chi connectivity index (χ3n) is 7.38. The summed E-state index contributed by atoms with van der Waals surface area (Å²) in [5.74, 6) is -0.114. The van der Waals surface area contributed by atoms with Crippen LogP contribution in [0.5, 0.6) is 11.5 Å². The summed E-state index contributed by atoms with van der Waals surface area (Å²) in [6, 6.07) is 33.0. The summed E-state index contributed by atoms with van der Waals surface area (Å²) in [5.41, 5.74) is 2.04. The van der Waals surface area contributed by atoms with Crippen molar-refractivity contribution in [2.24, 2.45) is 0 Å². The van der Waals surface area contributed by atoms with Crippen molar-refractivity contribution in [1.82, 2.24) is 15.2 Å². The van der Waals surface area contributed by atoms with E-state index in [0.29, 0.717) is 32.7 Å². The number of hydrogen-bond acceptors (Lipinski definition) is 9. The maximum atomic E-state index is 13.7. The highest BCUT2D eigenvalue weighted by Crippen LogP contribution is 2.45. The normalized spacial score (nSPS) is 15.9. The summed E-state index contributed by atoms with van der Waals surface area (Å²) < 4.78 is 6.71. The van der Waals surface area contributed by atoms with Crippen molar-refractivity contribution in [2.45, 2.75) is 16.1 Å². The number of nitrogens with zero attached hydrogens (tertiary/aromatic N) is 4. The number of aliphatic hydroxyl groups is 1. The largest absolute Gasteiger partial charge is 0.507 e. The molecule has 220 valence electrons. The predicted octanol–water partition coefficient (Wildman–Crippen LogP) is 7.80. The molecule has 0 aliphatic carbocycles. The molecule has 8 nitrogen and oxygen atoms in total. The first-order valence-corrected chi connectivity index (χ1v) is 15.8. The molecule has 1 saturated heterocycles. The van der Waals surface area contributed by atoms with Crippen LogP contribution in [0, 0.1) is 0 Å². The molecule has 1 aliphatic heterocycles. The minimum absolute atomic E-state index is 0.0526. The number of Topliss-reactive ketones (excluding diaryl/α,β-unsaturated/α-hetero) is 1. The molecule has 10 heteroatoms. The van der Waals surface area contributed by atoms with Crippen molar-refractivity contribution in [1.29, 1.82) is 0 Å². The number of pyridine rings is 1. The molecule has 4 aromatic carbocycles. The highest BCUT2D eigenvalue weighted by Gasteiger charge is 2.48. The molecule has 7 rings (SSSR count). The van der Waals surface area contributed by atoms with E-state index in [1.54, 1.807) is 36.4 Å². The Morgan fingerprint density at radius 2 is 1.58 bits per heavy atom. The van der Waals surface area contributed by atoms with Crippen molar-refractivity contribution in [2.75, 3.05) is 4.90 Å².